The molecule has 5 rings (SSSR count). The lowest BCUT2D eigenvalue weighted by atomic mass is 9.72. The van der Waals surface area contributed by atoms with E-state index >= 15 is 0 Å². The summed E-state index contributed by atoms with van der Waals surface area (Å²) in [5.41, 5.74) is 2.85. The number of H-pyrrole nitrogens is 1. The van der Waals surface area contributed by atoms with E-state index < -0.39 is 11.0 Å². The molecule has 2 amide bonds. The van der Waals surface area contributed by atoms with Crippen LogP contribution in [0.1, 0.15) is 42.4 Å². The van der Waals surface area contributed by atoms with Gasteiger partial charge in [0.25, 0.3) is 5.91 Å². The Labute approximate surface area is 230 Å². The summed E-state index contributed by atoms with van der Waals surface area (Å²) in [5.74, 6) is 1.26. The Bertz CT molecular complexity index is 1370. The quantitative estimate of drug-likeness (QED) is 0.454. The number of fused-ring (bicyclic) bond motifs is 2. The Kier molecular flexibility index (Phi) is 6.63. The first-order chi connectivity index (χ1) is 18.0. The summed E-state index contributed by atoms with van der Waals surface area (Å²) in [7, 11) is 3.21. The Morgan fingerprint density at radius 1 is 1.11 bits per heavy atom. The minimum Gasteiger partial charge on any atom is -0.497 e. The summed E-state index contributed by atoms with van der Waals surface area (Å²) in [4.78, 5) is 37.9. The molecule has 4 heterocycles. The molecule has 0 bridgehead atoms. The van der Waals surface area contributed by atoms with E-state index in [2.05, 4.69) is 25.9 Å². The van der Waals surface area contributed by atoms with Crippen LogP contribution >= 0.6 is 15.9 Å². The summed E-state index contributed by atoms with van der Waals surface area (Å²) >= 11 is 3.72. The summed E-state index contributed by atoms with van der Waals surface area (Å²) in [6, 6.07) is 9.54. The van der Waals surface area contributed by atoms with E-state index in [0.29, 0.717) is 42.0 Å². The van der Waals surface area contributed by atoms with E-state index in [1.807, 2.05) is 56.0 Å². The number of aromatic amines is 1. The second-order valence-electron chi connectivity index (χ2n) is 10.8. The number of likely N-dealkylation sites (tertiary alicyclic amines) is 1. The molecule has 0 radical (unpaired) electrons. The highest BCUT2D eigenvalue weighted by Crippen LogP contribution is 2.47. The van der Waals surface area contributed by atoms with Gasteiger partial charge in [0.2, 0.25) is 0 Å². The molecule has 2 aliphatic heterocycles. The Hall–Kier alpha value is -3.53. The molecule has 1 fully saturated rings. The van der Waals surface area contributed by atoms with Crippen molar-refractivity contribution in [1.29, 1.82) is 0 Å². The van der Waals surface area contributed by atoms with E-state index in [1.54, 1.807) is 31.5 Å². The number of benzene rings is 1. The number of aromatic nitrogens is 2. The second kappa shape index (κ2) is 9.65. The molecule has 38 heavy (non-hydrogen) atoms. The fourth-order valence-corrected chi connectivity index (χ4v) is 5.84. The van der Waals surface area contributed by atoms with Crippen LogP contribution in [0.3, 0.4) is 0 Å². The largest absolute Gasteiger partial charge is 0.497 e. The van der Waals surface area contributed by atoms with E-state index in [9.17, 15) is 9.59 Å². The molecule has 3 aromatic rings. The van der Waals surface area contributed by atoms with E-state index in [0.717, 1.165) is 28.3 Å². The number of pyridine rings is 1. The van der Waals surface area contributed by atoms with Crippen LogP contribution in [0, 0.1) is 0 Å². The first kappa shape index (κ1) is 26.1. The minimum atomic E-state index is -0.589. The molecule has 1 spiro atoms. The zero-order valence-corrected chi connectivity index (χ0v) is 23.7. The molecule has 10 heteroatoms. The van der Waals surface area contributed by atoms with E-state index in [4.69, 9.17) is 14.2 Å². The minimum absolute atomic E-state index is 0.0837. The molecule has 0 atom stereocenters. The van der Waals surface area contributed by atoms with Gasteiger partial charge in [-0.25, -0.2) is 4.79 Å². The number of methoxy groups -OCH3 is 2. The Morgan fingerprint density at radius 3 is 2.45 bits per heavy atom. The van der Waals surface area contributed by atoms with Crippen LogP contribution in [-0.4, -0.2) is 71.2 Å². The third-order valence-electron chi connectivity index (χ3n) is 6.91. The van der Waals surface area contributed by atoms with Crippen LogP contribution in [0.2, 0.25) is 0 Å². The third kappa shape index (κ3) is 4.62. The number of hydrogen-bond donors (Lipinski definition) is 1. The number of hydrogen-bond acceptors (Lipinski definition) is 6. The lowest BCUT2D eigenvalue weighted by molar-refractivity contribution is -0.0204. The molecule has 1 N–H and O–H groups in total. The lowest BCUT2D eigenvalue weighted by Gasteiger charge is -2.53. The van der Waals surface area contributed by atoms with Gasteiger partial charge in [-0.2, -0.15) is 0 Å². The Balaban J connectivity index is 1.53. The fraction of sp³-hybridized carbons (Fsp3) is 0.393. The first-order valence-electron chi connectivity index (χ1n) is 12.4. The van der Waals surface area contributed by atoms with Gasteiger partial charge in [-0.1, -0.05) is 12.1 Å². The molecular weight excluding hydrogens is 552 g/mol. The van der Waals surface area contributed by atoms with E-state index in [1.165, 1.54) is 0 Å². The monoisotopic (exact) mass is 582 g/mol. The van der Waals surface area contributed by atoms with Crippen molar-refractivity contribution in [1.82, 2.24) is 19.8 Å². The van der Waals surface area contributed by atoms with Crippen molar-refractivity contribution in [2.24, 2.45) is 0 Å². The fourth-order valence-electron chi connectivity index (χ4n) is 5.16. The zero-order chi connectivity index (χ0) is 27.2. The molecule has 2 aliphatic rings. The third-order valence-corrected chi connectivity index (χ3v) is 7.70. The van der Waals surface area contributed by atoms with Gasteiger partial charge in [0.1, 0.15) is 17.1 Å². The van der Waals surface area contributed by atoms with Crippen LogP contribution < -0.4 is 9.47 Å². The van der Waals surface area contributed by atoms with Crippen LogP contribution in [0.5, 0.6) is 11.5 Å². The maximum atomic E-state index is 13.9. The number of amides is 2. The summed E-state index contributed by atoms with van der Waals surface area (Å²) in [6.45, 7) is 7.31. The van der Waals surface area contributed by atoms with Gasteiger partial charge < -0.3 is 29.0 Å². The molecular formula is C28H31BrN4O5. The van der Waals surface area contributed by atoms with Gasteiger partial charge in [0.05, 0.1) is 41.6 Å². The van der Waals surface area contributed by atoms with Gasteiger partial charge in [0, 0.05) is 43.6 Å². The van der Waals surface area contributed by atoms with Crippen LogP contribution in [0.25, 0.3) is 11.3 Å². The summed E-state index contributed by atoms with van der Waals surface area (Å²) in [6.07, 6.45) is 2.97. The average Bonchev–Trinajstić information content (AvgIpc) is 3.21. The number of nitrogens with zero attached hydrogens (tertiary/aromatic N) is 3. The van der Waals surface area contributed by atoms with Crippen LogP contribution in [-0.2, 0) is 16.7 Å². The topological polar surface area (TPSA) is 97.0 Å². The molecule has 1 aromatic carbocycles. The van der Waals surface area contributed by atoms with Crippen molar-refractivity contribution >= 4 is 27.9 Å². The van der Waals surface area contributed by atoms with Crippen molar-refractivity contribution < 1.29 is 23.8 Å². The Morgan fingerprint density at radius 2 is 1.82 bits per heavy atom. The summed E-state index contributed by atoms with van der Waals surface area (Å²) in [5, 5.41) is 0. The molecule has 2 aromatic heterocycles. The van der Waals surface area contributed by atoms with Crippen LogP contribution in [0.4, 0.5) is 4.79 Å². The number of carbonyl (C=O) groups excluding carboxylic acids is 2. The zero-order valence-electron chi connectivity index (χ0n) is 22.1. The maximum Gasteiger partial charge on any atom is 0.410 e. The SMILES string of the molecule is COc1ccc(CN2CC3(CN(C(=O)OC(C)(C)C)C3)c3[nH]c(-c4ccncc4OC)c(Br)c3C2=O)cc1. The van der Waals surface area contributed by atoms with Crippen molar-refractivity contribution in [3.05, 3.63) is 64.0 Å². The summed E-state index contributed by atoms with van der Waals surface area (Å²) < 4.78 is 17.1. The number of rotatable bonds is 5. The first-order valence-corrected chi connectivity index (χ1v) is 13.1. The molecule has 0 aliphatic carbocycles. The standard InChI is InChI=1S/C28H31BrN4O5/c1-27(2,3)38-26(35)33-15-28(16-33)14-32(13-17-6-8-18(36-4)9-7-17)25(34)21-22(29)23(31-24(21)28)19-10-11-30-12-20(19)37-5/h6-12,31H,13-16H2,1-5H3. The van der Waals surface area contributed by atoms with Crippen molar-refractivity contribution in [2.75, 3.05) is 33.9 Å². The molecule has 9 nitrogen and oxygen atoms in total. The van der Waals surface area contributed by atoms with Crippen molar-refractivity contribution in [2.45, 2.75) is 38.3 Å². The van der Waals surface area contributed by atoms with Crippen LogP contribution in [0.15, 0.2) is 47.2 Å². The number of ether oxygens (including phenoxy) is 3. The van der Waals surface area contributed by atoms with Gasteiger partial charge in [-0.05, 0) is 60.5 Å². The van der Waals surface area contributed by atoms with Gasteiger partial charge >= 0.3 is 6.09 Å². The predicted octanol–water partition coefficient (Wildman–Crippen LogP) is 5.00. The normalized spacial score (nSPS) is 16.2. The number of nitrogens with one attached hydrogen (secondary N) is 1. The van der Waals surface area contributed by atoms with Gasteiger partial charge in [0.15, 0.2) is 0 Å². The van der Waals surface area contributed by atoms with E-state index in [-0.39, 0.29) is 12.0 Å². The second-order valence-corrected chi connectivity index (χ2v) is 11.6. The smallest absolute Gasteiger partial charge is 0.410 e. The molecule has 0 unspecified atom stereocenters. The lowest BCUT2D eigenvalue weighted by Crippen LogP contribution is -2.68. The van der Waals surface area contributed by atoms with Crippen molar-refractivity contribution in [3.63, 3.8) is 0 Å². The maximum absolute atomic E-state index is 13.9. The van der Waals surface area contributed by atoms with Gasteiger partial charge in [-0.3, -0.25) is 9.78 Å². The molecule has 1 saturated heterocycles. The van der Waals surface area contributed by atoms with Crippen molar-refractivity contribution in [3.8, 4) is 22.8 Å². The highest BCUT2D eigenvalue weighted by molar-refractivity contribution is 9.10. The average molecular weight is 583 g/mol. The number of halogens is 1. The predicted molar refractivity (Wildman–Crippen MR) is 145 cm³/mol. The molecule has 0 saturated carbocycles. The number of carbonyl (C=O) groups is 2. The highest BCUT2D eigenvalue weighted by atomic mass is 79.9. The highest BCUT2D eigenvalue weighted by Gasteiger charge is 2.55. The van der Waals surface area contributed by atoms with Gasteiger partial charge in [-0.15, -0.1) is 0 Å². The molecule has 200 valence electrons.